The highest BCUT2D eigenvalue weighted by molar-refractivity contribution is 5.70. The standard InChI is InChI=1S/C9H8F3NO2/c1-5(14)15-6-2-3-7(8(13)4-6)9(10,11)12/h2-4H,13H2,1H3. The van der Waals surface area contributed by atoms with Gasteiger partial charge in [0.05, 0.1) is 5.56 Å². The Kier molecular flexibility index (Phi) is 2.88. The summed E-state index contributed by atoms with van der Waals surface area (Å²) in [5.74, 6) is -0.623. The van der Waals surface area contributed by atoms with E-state index >= 15 is 0 Å². The van der Waals surface area contributed by atoms with Crippen LogP contribution < -0.4 is 10.5 Å². The number of alkyl halides is 3. The summed E-state index contributed by atoms with van der Waals surface area (Å²) >= 11 is 0. The molecular weight excluding hydrogens is 211 g/mol. The van der Waals surface area contributed by atoms with Crippen LogP contribution in [0.1, 0.15) is 12.5 Å². The van der Waals surface area contributed by atoms with Gasteiger partial charge in [-0.1, -0.05) is 0 Å². The molecule has 1 aromatic carbocycles. The first-order valence-corrected chi connectivity index (χ1v) is 3.96. The Labute approximate surface area is 83.6 Å². The van der Waals surface area contributed by atoms with Crippen LogP contribution in [0.3, 0.4) is 0 Å². The van der Waals surface area contributed by atoms with Gasteiger partial charge in [0.15, 0.2) is 0 Å². The van der Waals surface area contributed by atoms with Crippen LogP contribution in [0.2, 0.25) is 0 Å². The summed E-state index contributed by atoms with van der Waals surface area (Å²) in [5, 5.41) is 0. The highest BCUT2D eigenvalue weighted by atomic mass is 19.4. The second-order valence-electron chi connectivity index (χ2n) is 2.84. The van der Waals surface area contributed by atoms with Crippen molar-refractivity contribution in [2.24, 2.45) is 0 Å². The third-order valence-corrected chi connectivity index (χ3v) is 1.59. The van der Waals surface area contributed by atoms with E-state index < -0.39 is 23.4 Å². The second-order valence-corrected chi connectivity index (χ2v) is 2.84. The molecule has 0 aromatic heterocycles. The minimum Gasteiger partial charge on any atom is -0.427 e. The van der Waals surface area contributed by atoms with Crippen molar-refractivity contribution in [3.63, 3.8) is 0 Å². The second kappa shape index (κ2) is 3.80. The van der Waals surface area contributed by atoms with Gasteiger partial charge >= 0.3 is 12.1 Å². The van der Waals surface area contributed by atoms with Crippen molar-refractivity contribution in [1.82, 2.24) is 0 Å². The lowest BCUT2D eigenvalue weighted by molar-refractivity contribution is -0.136. The van der Waals surface area contributed by atoms with E-state index in [4.69, 9.17) is 5.73 Å². The van der Waals surface area contributed by atoms with Gasteiger partial charge in [-0.25, -0.2) is 0 Å². The monoisotopic (exact) mass is 219 g/mol. The van der Waals surface area contributed by atoms with E-state index in [9.17, 15) is 18.0 Å². The molecule has 0 saturated carbocycles. The highest BCUT2D eigenvalue weighted by Gasteiger charge is 2.32. The largest absolute Gasteiger partial charge is 0.427 e. The number of benzene rings is 1. The SMILES string of the molecule is CC(=O)Oc1ccc(C(F)(F)F)c(N)c1. The van der Waals surface area contributed by atoms with Gasteiger partial charge < -0.3 is 10.5 Å². The molecule has 0 saturated heterocycles. The van der Waals surface area contributed by atoms with Gasteiger partial charge in [0.1, 0.15) is 5.75 Å². The topological polar surface area (TPSA) is 52.3 Å². The highest BCUT2D eigenvalue weighted by Crippen LogP contribution is 2.35. The zero-order valence-corrected chi connectivity index (χ0v) is 7.76. The average molecular weight is 219 g/mol. The van der Waals surface area contributed by atoms with Crippen molar-refractivity contribution < 1.29 is 22.7 Å². The molecule has 6 heteroatoms. The van der Waals surface area contributed by atoms with Crippen LogP contribution in [0.4, 0.5) is 18.9 Å². The predicted molar refractivity (Wildman–Crippen MR) is 47.2 cm³/mol. The first-order chi connectivity index (χ1) is 6.80. The first kappa shape index (κ1) is 11.4. The summed E-state index contributed by atoms with van der Waals surface area (Å²) in [7, 11) is 0. The third-order valence-electron chi connectivity index (χ3n) is 1.59. The van der Waals surface area contributed by atoms with E-state index in [0.717, 1.165) is 25.1 Å². The Bertz CT molecular complexity index is 387. The van der Waals surface area contributed by atoms with E-state index in [1.807, 2.05) is 0 Å². The van der Waals surface area contributed by atoms with E-state index in [1.165, 1.54) is 0 Å². The Morgan fingerprint density at radius 1 is 1.40 bits per heavy atom. The molecule has 0 amide bonds. The normalized spacial score (nSPS) is 11.2. The zero-order chi connectivity index (χ0) is 11.6. The summed E-state index contributed by atoms with van der Waals surface area (Å²) < 4.78 is 41.3. The number of ether oxygens (including phenoxy) is 1. The summed E-state index contributed by atoms with van der Waals surface area (Å²) in [6.07, 6.45) is -4.50. The predicted octanol–water partition coefficient (Wildman–Crippen LogP) is 2.21. The third kappa shape index (κ3) is 2.87. The van der Waals surface area contributed by atoms with Crippen LogP contribution in [0.25, 0.3) is 0 Å². The quantitative estimate of drug-likeness (QED) is 0.447. The molecule has 0 unspecified atom stereocenters. The Morgan fingerprint density at radius 3 is 2.40 bits per heavy atom. The fourth-order valence-corrected chi connectivity index (χ4v) is 1.03. The van der Waals surface area contributed by atoms with Gasteiger partial charge in [-0.3, -0.25) is 4.79 Å². The molecule has 0 radical (unpaired) electrons. The molecule has 0 aliphatic rings. The molecule has 0 aliphatic carbocycles. The lowest BCUT2D eigenvalue weighted by atomic mass is 10.1. The van der Waals surface area contributed by atoms with Gasteiger partial charge in [-0.15, -0.1) is 0 Å². The Morgan fingerprint density at radius 2 is 2.00 bits per heavy atom. The van der Waals surface area contributed by atoms with Crippen molar-refractivity contribution >= 4 is 11.7 Å². The van der Waals surface area contributed by atoms with Crippen molar-refractivity contribution in [1.29, 1.82) is 0 Å². The molecule has 0 spiro atoms. The van der Waals surface area contributed by atoms with Gasteiger partial charge in [-0.05, 0) is 12.1 Å². The molecule has 0 bridgehead atoms. The Hall–Kier alpha value is -1.72. The van der Waals surface area contributed by atoms with Crippen LogP contribution in [-0.2, 0) is 11.0 Å². The van der Waals surface area contributed by atoms with Crippen LogP contribution in [-0.4, -0.2) is 5.97 Å². The van der Waals surface area contributed by atoms with Crippen molar-refractivity contribution in [2.45, 2.75) is 13.1 Å². The van der Waals surface area contributed by atoms with Crippen LogP contribution in [0.15, 0.2) is 18.2 Å². The molecule has 3 nitrogen and oxygen atoms in total. The number of anilines is 1. The number of nitrogen functional groups attached to an aromatic ring is 1. The fourth-order valence-electron chi connectivity index (χ4n) is 1.03. The summed E-state index contributed by atoms with van der Waals surface area (Å²) in [4.78, 5) is 10.5. The minimum absolute atomic E-state index is 0.00648. The summed E-state index contributed by atoms with van der Waals surface area (Å²) in [6.45, 7) is 1.15. The maximum Gasteiger partial charge on any atom is 0.418 e. The van der Waals surface area contributed by atoms with Crippen molar-refractivity contribution in [2.75, 3.05) is 5.73 Å². The molecule has 0 heterocycles. The van der Waals surface area contributed by atoms with Gasteiger partial charge in [0.2, 0.25) is 0 Å². The van der Waals surface area contributed by atoms with E-state index in [2.05, 4.69) is 4.74 Å². The van der Waals surface area contributed by atoms with Gasteiger partial charge in [0.25, 0.3) is 0 Å². The summed E-state index contributed by atoms with van der Waals surface area (Å²) in [5.41, 5.74) is 3.75. The number of halogens is 3. The van der Waals surface area contributed by atoms with E-state index in [0.29, 0.717) is 0 Å². The maximum absolute atomic E-state index is 12.3. The number of hydrogen-bond donors (Lipinski definition) is 1. The molecule has 1 rings (SSSR count). The molecule has 0 aliphatic heterocycles. The summed E-state index contributed by atoms with van der Waals surface area (Å²) in [6, 6.07) is 2.78. The molecule has 15 heavy (non-hydrogen) atoms. The average Bonchev–Trinajstić information content (AvgIpc) is 1.99. The number of carbonyl (C=O) groups is 1. The van der Waals surface area contributed by atoms with E-state index in [-0.39, 0.29) is 5.75 Å². The number of esters is 1. The van der Waals surface area contributed by atoms with Crippen molar-refractivity contribution in [3.05, 3.63) is 23.8 Å². The minimum atomic E-state index is -4.50. The zero-order valence-electron chi connectivity index (χ0n) is 7.76. The van der Waals surface area contributed by atoms with Gasteiger partial charge in [0, 0.05) is 18.7 Å². The fraction of sp³-hybridized carbons (Fsp3) is 0.222. The smallest absolute Gasteiger partial charge is 0.418 e. The molecule has 0 fully saturated rings. The number of hydrogen-bond acceptors (Lipinski definition) is 3. The number of carbonyl (C=O) groups excluding carboxylic acids is 1. The Balaban J connectivity index is 3.04. The lowest BCUT2D eigenvalue weighted by Crippen LogP contribution is -2.09. The van der Waals surface area contributed by atoms with Crippen LogP contribution in [0.5, 0.6) is 5.75 Å². The lowest BCUT2D eigenvalue weighted by Gasteiger charge is -2.10. The van der Waals surface area contributed by atoms with Gasteiger partial charge in [-0.2, -0.15) is 13.2 Å². The molecule has 1 aromatic rings. The molecule has 2 N–H and O–H groups in total. The number of nitrogens with two attached hydrogens (primary N) is 1. The van der Waals surface area contributed by atoms with Crippen LogP contribution in [0, 0.1) is 0 Å². The maximum atomic E-state index is 12.3. The molecule has 82 valence electrons. The molecular formula is C9H8F3NO2. The molecule has 0 atom stereocenters. The van der Waals surface area contributed by atoms with Crippen molar-refractivity contribution in [3.8, 4) is 5.75 Å². The van der Waals surface area contributed by atoms with Crippen LogP contribution >= 0.6 is 0 Å². The first-order valence-electron chi connectivity index (χ1n) is 3.96. The van der Waals surface area contributed by atoms with E-state index in [1.54, 1.807) is 0 Å². The number of rotatable bonds is 1.